The van der Waals surface area contributed by atoms with Gasteiger partial charge >= 0.3 is 0 Å². The summed E-state index contributed by atoms with van der Waals surface area (Å²) in [7, 11) is 0. The Morgan fingerprint density at radius 2 is 1.64 bits per heavy atom. The Balaban J connectivity index is 1.87. The second-order valence-electron chi connectivity index (χ2n) is 5.93. The van der Waals surface area contributed by atoms with Crippen molar-refractivity contribution >= 4 is 17.5 Å². The van der Waals surface area contributed by atoms with E-state index in [1.807, 2.05) is 24.4 Å². The Hall–Kier alpha value is -2.88. The van der Waals surface area contributed by atoms with Crippen LogP contribution in [0.4, 0.5) is 17.5 Å². The molecular weight excluding hydrogens is 308 g/mol. The van der Waals surface area contributed by atoms with Crippen molar-refractivity contribution < 1.29 is 0 Å². The molecule has 0 aliphatic heterocycles. The zero-order valence-corrected chi connectivity index (χ0v) is 14.6. The first-order valence-corrected chi connectivity index (χ1v) is 8.80. The number of para-hydroxylation sites is 1. The van der Waals surface area contributed by atoms with Gasteiger partial charge in [0.15, 0.2) is 0 Å². The minimum atomic E-state index is 0.681. The number of rotatable bonds is 8. The third-order valence-electron chi connectivity index (χ3n) is 3.98. The smallest absolute Gasteiger partial charge is 0.224 e. The average molecular weight is 332 g/mol. The zero-order chi connectivity index (χ0) is 17.3. The van der Waals surface area contributed by atoms with Gasteiger partial charge in [-0.3, -0.25) is 0 Å². The first-order chi connectivity index (χ1) is 12.4. The fourth-order valence-corrected chi connectivity index (χ4v) is 2.64. The molecule has 25 heavy (non-hydrogen) atoms. The molecule has 0 spiro atoms. The Morgan fingerprint density at radius 3 is 2.36 bits per heavy atom. The largest absolute Gasteiger partial charge is 0.354 e. The molecule has 3 rings (SSSR count). The molecule has 0 atom stereocenters. The molecule has 1 N–H and O–H groups in total. The van der Waals surface area contributed by atoms with Gasteiger partial charge in [0.2, 0.25) is 5.95 Å². The van der Waals surface area contributed by atoms with Crippen molar-refractivity contribution in [3.05, 3.63) is 78.5 Å². The van der Waals surface area contributed by atoms with Crippen molar-refractivity contribution in [2.75, 3.05) is 16.8 Å². The number of nitrogens with one attached hydrogen (secondary N) is 1. The zero-order valence-electron chi connectivity index (χ0n) is 14.6. The van der Waals surface area contributed by atoms with E-state index >= 15 is 0 Å². The van der Waals surface area contributed by atoms with E-state index in [4.69, 9.17) is 4.98 Å². The van der Waals surface area contributed by atoms with Crippen molar-refractivity contribution in [1.29, 1.82) is 0 Å². The van der Waals surface area contributed by atoms with Crippen LogP contribution in [-0.4, -0.2) is 16.5 Å². The second kappa shape index (κ2) is 8.83. The molecule has 0 radical (unpaired) electrons. The molecule has 0 amide bonds. The second-order valence-corrected chi connectivity index (χ2v) is 5.93. The Kier molecular flexibility index (Phi) is 5.99. The summed E-state index contributed by atoms with van der Waals surface area (Å²) in [4.78, 5) is 11.3. The number of hydrogen-bond donors (Lipinski definition) is 1. The van der Waals surface area contributed by atoms with Gasteiger partial charge in [-0.1, -0.05) is 61.9 Å². The normalized spacial score (nSPS) is 10.4. The van der Waals surface area contributed by atoms with Crippen LogP contribution in [0.1, 0.15) is 25.3 Å². The maximum Gasteiger partial charge on any atom is 0.224 e. The number of hydrogen-bond acceptors (Lipinski definition) is 4. The molecule has 0 saturated heterocycles. The summed E-state index contributed by atoms with van der Waals surface area (Å²) < 4.78 is 0. The molecule has 128 valence electrons. The van der Waals surface area contributed by atoms with E-state index in [9.17, 15) is 0 Å². The molecule has 0 saturated carbocycles. The number of unbranched alkanes of at least 4 members (excludes halogenated alkanes) is 1. The highest BCUT2D eigenvalue weighted by atomic mass is 15.2. The third-order valence-corrected chi connectivity index (χ3v) is 3.98. The molecule has 0 aliphatic rings. The van der Waals surface area contributed by atoms with E-state index in [-0.39, 0.29) is 0 Å². The monoisotopic (exact) mass is 332 g/mol. The number of anilines is 3. The number of aromatic nitrogens is 2. The summed E-state index contributed by atoms with van der Waals surface area (Å²) in [5.41, 5.74) is 2.36. The highest BCUT2D eigenvalue weighted by molar-refractivity contribution is 5.60. The summed E-state index contributed by atoms with van der Waals surface area (Å²) in [6.45, 7) is 3.83. The van der Waals surface area contributed by atoms with Gasteiger partial charge in [-0.15, -0.1) is 0 Å². The van der Waals surface area contributed by atoms with Crippen LogP contribution in [0.2, 0.25) is 0 Å². The lowest BCUT2D eigenvalue weighted by molar-refractivity contribution is 0.824. The third kappa shape index (κ3) is 4.80. The maximum absolute atomic E-state index is 4.72. The highest BCUT2D eigenvalue weighted by Gasteiger charge is 2.12. The molecular formula is C21H24N4. The average Bonchev–Trinajstić information content (AvgIpc) is 2.68. The van der Waals surface area contributed by atoms with E-state index < -0.39 is 0 Å². The first kappa shape index (κ1) is 17.0. The van der Waals surface area contributed by atoms with Crippen molar-refractivity contribution in [1.82, 2.24) is 9.97 Å². The molecule has 0 fully saturated rings. The Morgan fingerprint density at radius 1 is 0.920 bits per heavy atom. The molecule has 4 nitrogen and oxygen atoms in total. The van der Waals surface area contributed by atoms with Gasteiger partial charge in [0.05, 0.1) is 0 Å². The van der Waals surface area contributed by atoms with Crippen LogP contribution in [0, 0.1) is 0 Å². The Labute approximate surface area is 149 Å². The molecule has 0 aliphatic carbocycles. The van der Waals surface area contributed by atoms with Gasteiger partial charge in [-0.25, -0.2) is 4.98 Å². The Bertz CT molecular complexity index is 759. The van der Waals surface area contributed by atoms with Crippen molar-refractivity contribution in [2.24, 2.45) is 0 Å². The first-order valence-electron chi connectivity index (χ1n) is 8.80. The van der Waals surface area contributed by atoms with Gasteiger partial charge in [0, 0.05) is 25.0 Å². The summed E-state index contributed by atoms with van der Waals surface area (Å²) in [5, 5.41) is 3.31. The maximum atomic E-state index is 4.72. The van der Waals surface area contributed by atoms with Gasteiger partial charge in [0.1, 0.15) is 5.82 Å². The minimum absolute atomic E-state index is 0.681. The van der Waals surface area contributed by atoms with Crippen molar-refractivity contribution in [2.45, 2.75) is 26.3 Å². The van der Waals surface area contributed by atoms with Crippen LogP contribution in [0.3, 0.4) is 0 Å². The van der Waals surface area contributed by atoms with E-state index in [1.165, 1.54) is 5.56 Å². The number of benzene rings is 2. The van der Waals surface area contributed by atoms with Crippen LogP contribution < -0.4 is 10.2 Å². The molecule has 2 aromatic carbocycles. The van der Waals surface area contributed by atoms with Crippen LogP contribution in [-0.2, 0) is 6.54 Å². The summed E-state index contributed by atoms with van der Waals surface area (Å²) in [5.74, 6) is 1.57. The summed E-state index contributed by atoms with van der Waals surface area (Å²) >= 11 is 0. The van der Waals surface area contributed by atoms with Crippen molar-refractivity contribution in [3.63, 3.8) is 0 Å². The van der Waals surface area contributed by atoms with Gasteiger partial charge < -0.3 is 10.2 Å². The van der Waals surface area contributed by atoms with Gasteiger partial charge in [0.25, 0.3) is 0 Å². The van der Waals surface area contributed by atoms with E-state index in [2.05, 4.69) is 70.7 Å². The van der Waals surface area contributed by atoms with Crippen LogP contribution in [0.5, 0.6) is 0 Å². The predicted molar refractivity (Wildman–Crippen MR) is 104 cm³/mol. The van der Waals surface area contributed by atoms with E-state index in [0.29, 0.717) is 5.95 Å². The SMILES string of the molecule is CCCCNc1nccc(N(Cc2ccccc2)c2ccccc2)n1. The van der Waals surface area contributed by atoms with Gasteiger partial charge in [-0.05, 0) is 30.2 Å². The fourth-order valence-electron chi connectivity index (χ4n) is 2.64. The standard InChI is InChI=1S/C21H24N4/c1-2-3-15-22-21-23-16-14-20(24-21)25(19-12-8-5-9-13-19)17-18-10-6-4-7-11-18/h4-14,16H,2-3,15,17H2,1H3,(H,22,23,24). The lowest BCUT2D eigenvalue weighted by atomic mass is 10.2. The molecule has 0 unspecified atom stereocenters. The summed E-state index contributed by atoms with van der Waals surface area (Å²) in [6.07, 6.45) is 4.08. The van der Waals surface area contributed by atoms with Crippen LogP contribution in [0.15, 0.2) is 72.9 Å². The predicted octanol–water partition coefficient (Wildman–Crippen LogP) is 5.03. The molecule has 4 heteroatoms. The highest BCUT2D eigenvalue weighted by Crippen LogP contribution is 2.26. The molecule has 0 bridgehead atoms. The lowest BCUT2D eigenvalue weighted by Gasteiger charge is -2.24. The van der Waals surface area contributed by atoms with Crippen LogP contribution in [0.25, 0.3) is 0 Å². The van der Waals surface area contributed by atoms with Crippen molar-refractivity contribution in [3.8, 4) is 0 Å². The van der Waals surface area contributed by atoms with E-state index in [0.717, 1.165) is 37.4 Å². The lowest BCUT2D eigenvalue weighted by Crippen LogP contribution is -2.18. The van der Waals surface area contributed by atoms with E-state index in [1.54, 1.807) is 0 Å². The molecule has 1 heterocycles. The molecule has 1 aromatic heterocycles. The minimum Gasteiger partial charge on any atom is -0.354 e. The van der Waals surface area contributed by atoms with Gasteiger partial charge in [-0.2, -0.15) is 4.98 Å². The molecule has 3 aromatic rings. The van der Waals surface area contributed by atoms with Crippen LogP contribution >= 0.6 is 0 Å². The quantitative estimate of drug-likeness (QED) is 0.588. The number of nitrogens with zero attached hydrogens (tertiary/aromatic N) is 3. The topological polar surface area (TPSA) is 41.1 Å². The fraction of sp³-hybridized carbons (Fsp3) is 0.238. The summed E-state index contributed by atoms with van der Waals surface area (Å²) in [6, 6.07) is 22.7.